The van der Waals surface area contributed by atoms with Gasteiger partial charge in [0.1, 0.15) is 17.7 Å². The molecular weight excluding hydrogens is 446 g/mol. The van der Waals surface area contributed by atoms with Gasteiger partial charge in [0.25, 0.3) is 11.1 Å². The van der Waals surface area contributed by atoms with Gasteiger partial charge in [-0.1, -0.05) is 0 Å². The largest absolute Gasteiger partial charge is 0.332 e. The Morgan fingerprint density at radius 2 is 1.88 bits per heavy atom. The Morgan fingerprint density at radius 1 is 1.12 bits per heavy atom. The van der Waals surface area contributed by atoms with E-state index in [0.29, 0.717) is 16.7 Å². The molecule has 0 saturated carbocycles. The molecule has 0 aliphatic carbocycles. The van der Waals surface area contributed by atoms with Crippen LogP contribution in [-0.2, 0) is 32.5 Å². The van der Waals surface area contributed by atoms with Gasteiger partial charge in [0.15, 0.2) is 16.8 Å². The molecule has 0 fully saturated rings. The summed E-state index contributed by atoms with van der Waals surface area (Å²) in [6.07, 6.45) is 2.74. The van der Waals surface area contributed by atoms with Crippen molar-refractivity contribution in [2.45, 2.75) is 13.5 Å². The highest BCUT2D eigenvalue weighted by Crippen LogP contribution is 2.16. The lowest BCUT2D eigenvalue weighted by Crippen LogP contribution is -2.37. The fraction of sp³-hybridized carbons (Fsp3) is 0.263. The minimum atomic E-state index is -0.560. The molecule has 5 heterocycles. The second kappa shape index (κ2) is 7.36. The molecule has 34 heavy (non-hydrogen) atoms. The third-order valence-electron chi connectivity index (χ3n) is 5.42. The number of aromatic amines is 1. The molecule has 15 nitrogen and oxygen atoms in total. The summed E-state index contributed by atoms with van der Waals surface area (Å²) in [6.45, 7) is 1.47. The second-order valence-corrected chi connectivity index (χ2v) is 7.78. The quantitative estimate of drug-likeness (QED) is 0.324. The summed E-state index contributed by atoms with van der Waals surface area (Å²) in [7, 11) is 4.51. The minimum Gasteiger partial charge on any atom is -0.315 e. The molecule has 15 heteroatoms. The number of nitrogens with one attached hydrogen (secondary N) is 2. The summed E-state index contributed by atoms with van der Waals surface area (Å²) in [6, 6.07) is 1.61. The molecule has 0 aliphatic heterocycles. The van der Waals surface area contributed by atoms with Crippen LogP contribution in [0.15, 0.2) is 33.0 Å². The maximum Gasteiger partial charge on any atom is 0.332 e. The molecular formula is C19H19N11O4. The van der Waals surface area contributed by atoms with Crippen molar-refractivity contribution in [2.24, 2.45) is 21.1 Å². The maximum absolute atomic E-state index is 12.9. The lowest BCUT2D eigenvalue weighted by Gasteiger charge is -2.09. The number of H-pyrrole nitrogens is 1. The summed E-state index contributed by atoms with van der Waals surface area (Å²) in [5.74, 6) is -0.126. The number of fused-ring (bicyclic) bond motifs is 2. The summed E-state index contributed by atoms with van der Waals surface area (Å²) in [4.78, 5) is 61.2. The first kappa shape index (κ1) is 21.0. The Bertz CT molecular complexity index is 1790. The highest BCUT2D eigenvalue weighted by atomic mass is 16.2. The van der Waals surface area contributed by atoms with Crippen LogP contribution in [0.25, 0.3) is 28.1 Å². The van der Waals surface area contributed by atoms with Crippen molar-refractivity contribution in [1.82, 2.24) is 48.2 Å². The average Bonchev–Trinajstić information content (AvgIpc) is 3.48. The monoisotopic (exact) mass is 465 g/mol. The van der Waals surface area contributed by atoms with Crippen LogP contribution >= 0.6 is 0 Å². The fourth-order valence-corrected chi connectivity index (χ4v) is 3.73. The molecule has 0 saturated heterocycles. The van der Waals surface area contributed by atoms with E-state index in [9.17, 15) is 19.2 Å². The van der Waals surface area contributed by atoms with Crippen LogP contribution in [0.4, 0.5) is 5.82 Å². The highest BCUT2D eigenvalue weighted by Gasteiger charge is 2.18. The van der Waals surface area contributed by atoms with Gasteiger partial charge < -0.3 is 9.88 Å². The second-order valence-electron chi connectivity index (χ2n) is 7.78. The van der Waals surface area contributed by atoms with Crippen LogP contribution in [0, 0.1) is 6.92 Å². The van der Waals surface area contributed by atoms with Crippen molar-refractivity contribution in [3.8, 4) is 5.95 Å². The first-order valence-electron chi connectivity index (χ1n) is 10.1. The number of aryl methyl sites for hydroxylation is 3. The lowest BCUT2D eigenvalue weighted by molar-refractivity contribution is -0.116. The third kappa shape index (κ3) is 3.13. The van der Waals surface area contributed by atoms with Gasteiger partial charge in [-0.3, -0.25) is 33.2 Å². The first-order chi connectivity index (χ1) is 16.2. The van der Waals surface area contributed by atoms with Crippen molar-refractivity contribution >= 4 is 33.9 Å². The number of carbonyl (C=O) groups excluding carboxylic acids is 1. The van der Waals surface area contributed by atoms with E-state index in [1.165, 1.54) is 45.1 Å². The molecule has 174 valence electrons. The summed E-state index contributed by atoms with van der Waals surface area (Å²) in [5, 5.41) is 11.4. The molecule has 1 amide bonds. The standard InChI is InChI=1S/C19H19N11O4/c1-9-5-11(30(25-9)18-23-14-10(16(32)24-18)6-21-28(14)4)22-12(31)7-29-8-20-15-13(29)17(33)27(3)19(34)26(15)2/h5-6,8H,7H2,1-4H3,(H,22,31)(H,23,24,32). The zero-order chi connectivity index (χ0) is 24.3. The molecule has 5 aromatic heterocycles. The number of hydrogen-bond donors (Lipinski definition) is 2. The normalized spacial score (nSPS) is 11.5. The van der Waals surface area contributed by atoms with Gasteiger partial charge in [-0.2, -0.15) is 19.9 Å². The predicted molar refractivity (Wildman–Crippen MR) is 120 cm³/mol. The Kier molecular flexibility index (Phi) is 4.56. The van der Waals surface area contributed by atoms with Crippen LogP contribution in [-0.4, -0.2) is 54.1 Å². The van der Waals surface area contributed by atoms with Gasteiger partial charge in [0.2, 0.25) is 11.9 Å². The number of nitrogens with zero attached hydrogens (tertiary/aromatic N) is 9. The van der Waals surface area contributed by atoms with Gasteiger partial charge in [-0.25, -0.2) is 9.78 Å². The number of anilines is 1. The van der Waals surface area contributed by atoms with Crippen molar-refractivity contribution in [1.29, 1.82) is 0 Å². The summed E-state index contributed by atoms with van der Waals surface area (Å²) < 4.78 is 6.31. The van der Waals surface area contributed by atoms with E-state index in [0.717, 1.165) is 4.57 Å². The van der Waals surface area contributed by atoms with Crippen molar-refractivity contribution in [3.05, 3.63) is 55.5 Å². The van der Waals surface area contributed by atoms with E-state index in [2.05, 4.69) is 30.5 Å². The molecule has 2 N–H and O–H groups in total. The predicted octanol–water partition coefficient (Wildman–Crippen LogP) is -1.46. The number of hydrogen-bond acceptors (Lipinski definition) is 8. The number of rotatable bonds is 4. The Morgan fingerprint density at radius 3 is 2.65 bits per heavy atom. The smallest absolute Gasteiger partial charge is 0.315 e. The molecule has 0 radical (unpaired) electrons. The number of imidazole rings is 1. The molecule has 0 aliphatic rings. The first-order valence-corrected chi connectivity index (χ1v) is 10.1. The van der Waals surface area contributed by atoms with Gasteiger partial charge in [0.05, 0.1) is 18.2 Å². The molecule has 0 unspecified atom stereocenters. The van der Waals surface area contributed by atoms with Crippen LogP contribution in [0.5, 0.6) is 0 Å². The van der Waals surface area contributed by atoms with Gasteiger partial charge in [0, 0.05) is 27.2 Å². The van der Waals surface area contributed by atoms with Gasteiger partial charge in [-0.15, -0.1) is 0 Å². The zero-order valence-corrected chi connectivity index (χ0v) is 18.6. The summed E-state index contributed by atoms with van der Waals surface area (Å²) >= 11 is 0. The summed E-state index contributed by atoms with van der Waals surface area (Å²) in [5.41, 5.74) is -0.250. The molecule has 5 aromatic rings. The molecule has 5 rings (SSSR count). The van der Waals surface area contributed by atoms with Crippen LogP contribution in [0.2, 0.25) is 0 Å². The van der Waals surface area contributed by atoms with Crippen molar-refractivity contribution in [3.63, 3.8) is 0 Å². The zero-order valence-electron chi connectivity index (χ0n) is 18.6. The lowest BCUT2D eigenvalue weighted by atomic mass is 10.4. The van der Waals surface area contributed by atoms with Crippen LogP contribution in [0.1, 0.15) is 5.69 Å². The number of carbonyl (C=O) groups is 1. The van der Waals surface area contributed by atoms with E-state index in [-0.39, 0.29) is 29.5 Å². The van der Waals surface area contributed by atoms with E-state index >= 15 is 0 Å². The van der Waals surface area contributed by atoms with Crippen molar-refractivity contribution < 1.29 is 4.79 Å². The van der Waals surface area contributed by atoms with Crippen LogP contribution in [0.3, 0.4) is 0 Å². The van der Waals surface area contributed by atoms with Crippen LogP contribution < -0.4 is 22.1 Å². The Hall–Kier alpha value is -4.82. The maximum atomic E-state index is 12.9. The SMILES string of the molecule is Cc1cc(NC(=O)Cn2cnc3c2c(=O)n(C)c(=O)n3C)n(-c2nc3c(cnn3C)c(=O)[nH]2)n1. The fourth-order valence-electron chi connectivity index (χ4n) is 3.73. The highest BCUT2D eigenvalue weighted by molar-refractivity contribution is 5.91. The molecule has 0 bridgehead atoms. The average molecular weight is 465 g/mol. The van der Waals surface area contributed by atoms with Gasteiger partial charge in [-0.05, 0) is 6.92 Å². The van der Waals surface area contributed by atoms with Gasteiger partial charge >= 0.3 is 5.69 Å². The molecule has 0 spiro atoms. The Labute approximate surface area is 188 Å². The Balaban J connectivity index is 1.50. The van der Waals surface area contributed by atoms with E-state index < -0.39 is 22.7 Å². The van der Waals surface area contributed by atoms with Crippen molar-refractivity contribution in [2.75, 3.05) is 5.32 Å². The molecule has 0 atom stereocenters. The molecule has 0 aromatic carbocycles. The number of aromatic nitrogens is 10. The minimum absolute atomic E-state index is 0.0986. The van der Waals surface area contributed by atoms with E-state index in [4.69, 9.17) is 0 Å². The third-order valence-corrected chi connectivity index (χ3v) is 5.42. The van der Waals surface area contributed by atoms with E-state index in [1.54, 1.807) is 20.0 Å². The topological polar surface area (TPSA) is 172 Å². The number of amides is 1. The van der Waals surface area contributed by atoms with E-state index in [1.807, 2.05) is 0 Å².